The molecule has 3 aliphatic rings. The number of nitrogens with one attached hydrogen (secondary N) is 1. The van der Waals surface area contributed by atoms with Crippen LogP contribution in [-0.4, -0.2) is 62.2 Å². The maximum Gasteiger partial charge on any atom is 0.416 e. The van der Waals surface area contributed by atoms with Gasteiger partial charge in [0.05, 0.1) is 29.6 Å². The molecule has 0 radical (unpaired) electrons. The van der Waals surface area contributed by atoms with Gasteiger partial charge in [-0.05, 0) is 43.0 Å². The molecule has 208 valence electrons. The lowest BCUT2D eigenvalue weighted by atomic mass is 9.76. The molecule has 4 atom stereocenters. The number of alkyl halides is 3. The smallest absolute Gasteiger partial charge is 0.378 e. The van der Waals surface area contributed by atoms with Gasteiger partial charge in [-0.2, -0.15) is 17.5 Å². The van der Waals surface area contributed by atoms with Gasteiger partial charge in [-0.3, -0.25) is 4.90 Å². The van der Waals surface area contributed by atoms with Crippen LogP contribution in [0.15, 0.2) is 48.5 Å². The third-order valence-electron chi connectivity index (χ3n) is 8.08. The van der Waals surface area contributed by atoms with Crippen molar-refractivity contribution >= 4 is 15.7 Å². The number of benzene rings is 2. The monoisotopic (exact) mass is 551 g/mol. The van der Waals surface area contributed by atoms with Crippen LogP contribution in [0.4, 0.5) is 18.9 Å². The summed E-state index contributed by atoms with van der Waals surface area (Å²) >= 11 is 0. The van der Waals surface area contributed by atoms with Crippen molar-refractivity contribution in [3.05, 3.63) is 65.2 Å². The number of anilines is 1. The van der Waals surface area contributed by atoms with E-state index in [1.54, 1.807) is 4.31 Å². The van der Waals surface area contributed by atoms with Crippen LogP contribution in [0.3, 0.4) is 0 Å². The second-order valence-corrected chi connectivity index (χ2v) is 12.7. The normalized spacial score (nSPS) is 26.8. The number of fused-ring (bicyclic) bond motifs is 3. The zero-order valence-electron chi connectivity index (χ0n) is 21.7. The summed E-state index contributed by atoms with van der Waals surface area (Å²) in [6.07, 6.45) is -1.87. The molecule has 0 bridgehead atoms. The molecule has 2 fully saturated rings. The molecule has 0 spiro atoms. The SMILES string of the molecule is CCCCS(=O)(=O)N1CCN(C[C@H]2CC[C@@H]3[C@H](O2)c2cc(C(F)(F)F)ccc2N[C@H]3c2ccccc2)CC1. The molecule has 0 amide bonds. The molecule has 3 heterocycles. The molecule has 5 rings (SSSR count). The Bertz CT molecular complexity index is 1200. The average molecular weight is 552 g/mol. The van der Waals surface area contributed by atoms with Gasteiger partial charge in [0, 0.05) is 49.9 Å². The third kappa shape index (κ3) is 5.88. The zero-order chi connectivity index (χ0) is 26.9. The predicted octanol–water partition coefficient (Wildman–Crippen LogP) is 5.46. The van der Waals surface area contributed by atoms with Crippen LogP contribution in [0.2, 0.25) is 0 Å². The Morgan fingerprint density at radius 3 is 2.45 bits per heavy atom. The molecule has 2 aromatic rings. The van der Waals surface area contributed by atoms with E-state index in [4.69, 9.17) is 4.74 Å². The van der Waals surface area contributed by atoms with Crippen molar-refractivity contribution in [2.45, 2.75) is 57.0 Å². The first-order valence-electron chi connectivity index (χ1n) is 13.5. The molecule has 6 nitrogen and oxygen atoms in total. The summed E-state index contributed by atoms with van der Waals surface area (Å²) in [7, 11) is -3.22. The summed E-state index contributed by atoms with van der Waals surface area (Å²) in [4.78, 5) is 2.22. The van der Waals surface area contributed by atoms with Gasteiger partial charge in [-0.1, -0.05) is 43.7 Å². The number of nitrogens with zero attached hydrogens (tertiary/aromatic N) is 2. The fourth-order valence-electron chi connectivity index (χ4n) is 5.99. The van der Waals surface area contributed by atoms with Gasteiger partial charge in [0.25, 0.3) is 0 Å². The van der Waals surface area contributed by atoms with Crippen LogP contribution in [-0.2, 0) is 20.9 Å². The number of halogens is 3. The molecule has 3 aliphatic heterocycles. The van der Waals surface area contributed by atoms with Crippen molar-refractivity contribution in [3.63, 3.8) is 0 Å². The van der Waals surface area contributed by atoms with E-state index in [9.17, 15) is 21.6 Å². The number of hydrogen-bond donors (Lipinski definition) is 1. The quantitative estimate of drug-likeness (QED) is 0.496. The summed E-state index contributed by atoms with van der Waals surface area (Å²) in [6, 6.07) is 13.8. The molecule has 2 saturated heterocycles. The standard InChI is InChI=1S/C28H36F3N3O3S/c1-2-3-17-38(35,36)34-15-13-33(14-16-34)19-22-10-11-23-26(20-7-5-4-6-8-20)32-25-12-9-21(28(29,30)31)18-24(25)27(23)37-22/h4-9,12,18,22-23,26-27,32H,2-3,10-11,13-17,19H2,1H3/t22-,23+,26+,27+/m1/s1. The molecule has 0 aromatic heterocycles. The maximum absolute atomic E-state index is 13.6. The minimum Gasteiger partial charge on any atom is -0.378 e. The minimum atomic E-state index is -4.42. The Morgan fingerprint density at radius 1 is 1.03 bits per heavy atom. The fraction of sp³-hybridized carbons (Fsp3) is 0.571. The van der Waals surface area contributed by atoms with Crippen LogP contribution >= 0.6 is 0 Å². The first-order valence-corrected chi connectivity index (χ1v) is 15.1. The number of ether oxygens (including phenoxy) is 1. The Labute approximate surface area is 223 Å². The lowest BCUT2D eigenvalue weighted by Crippen LogP contribution is -2.52. The summed E-state index contributed by atoms with van der Waals surface area (Å²) in [6.45, 7) is 4.80. The fourth-order valence-corrected chi connectivity index (χ4v) is 7.62. The van der Waals surface area contributed by atoms with Gasteiger partial charge < -0.3 is 10.1 Å². The molecule has 2 aromatic carbocycles. The molecular formula is C28H36F3N3O3S. The number of sulfonamides is 1. The van der Waals surface area contributed by atoms with Crippen molar-refractivity contribution in [1.82, 2.24) is 9.21 Å². The molecule has 0 aliphatic carbocycles. The highest BCUT2D eigenvalue weighted by Crippen LogP contribution is 2.51. The predicted molar refractivity (Wildman–Crippen MR) is 141 cm³/mol. The average Bonchev–Trinajstić information content (AvgIpc) is 2.91. The molecule has 0 unspecified atom stereocenters. The van der Waals surface area contributed by atoms with Crippen LogP contribution < -0.4 is 5.32 Å². The first kappa shape index (κ1) is 27.4. The van der Waals surface area contributed by atoms with Crippen LogP contribution in [0, 0.1) is 5.92 Å². The lowest BCUT2D eigenvalue weighted by Gasteiger charge is -2.47. The Hall–Kier alpha value is -2.14. The van der Waals surface area contributed by atoms with Crippen LogP contribution in [0.1, 0.15) is 61.4 Å². The van der Waals surface area contributed by atoms with Gasteiger partial charge in [0.2, 0.25) is 10.0 Å². The highest BCUT2D eigenvalue weighted by Gasteiger charge is 2.44. The maximum atomic E-state index is 13.6. The molecule has 38 heavy (non-hydrogen) atoms. The third-order valence-corrected chi connectivity index (χ3v) is 10.0. The van der Waals surface area contributed by atoms with Crippen molar-refractivity contribution < 1.29 is 26.3 Å². The van der Waals surface area contributed by atoms with E-state index in [1.165, 1.54) is 12.1 Å². The second-order valence-electron chi connectivity index (χ2n) is 10.6. The number of rotatable bonds is 7. The lowest BCUT2D eigenvalue weighted by molar-refractivity contribution is -0.138. The van der Waals surface area contributed by atoms with Crippen LogP contribution in [0.25, 0.3) is 0 Å². The summed E-state index contributed by atoms with van der Waals surface area (Å²) in [5.74, 6) is 0.194. The number of unbranched alkanes of at least 4 members (excludes halogenated alkanes) is 1. The van der Waals surface area contributed by atoms with Gasteiger partial charge in [-0.15, -0.1) is 0 Å². The molecule has 10 heteroatoms. The Morgan fingerprint density at radius 2 is 1.76 bits per heavy atom. The minimum absolute atomic E-state index is 0.00481. The largest absolute Gasteiger partial charge is 0.416 e. The zero-order valence-corrected chi connectivity index (χ0v) is 22.5. The Kier molecular flexibility index (Phi) is 8.05. The first-order chi connectivity index (χ1) is 18.2. The van der Waals surface area contributed by atoms with E-state index in [2.05, 4.69) is 10.2 Å². The van der Waals surface area contributed by atoms with Gasteiger partial charge in [-0.25, -0.2) is 8.42 Å². The van der Waals surface area contributed by atoms with E-state index >= 15 is 0 Å². The van der Waals surface area contributed by atoms with E-state index in [0.717, 1.165) is 30.9 Å². The summed E-state index contributed by atoms with van der Waals surface area (Å²) < 4.78 is 74.0. The van der Waals surface area contributed by atoms with Gasteiger partial charge in [0.15, 0.2) is 0 Å². The van der Waals surface area contributed by atoms with E-state index in [-0.39, 0.29) is 23.8 Å². The van der Waals surface area contributed by atoms with Crippen molar-refractivity contribution in [3.8, 4) is 0 Å². The van der Waals surface area contributed by atoms with Crippen molar-refractivity contribution in [1.29, 1.82) is 0 Å². The Balaban J connectivity index is 1.31. The van der Waals surface area contributed by atoms with Crippen molar-refractivity contribution in [2.75, 3.05) is 43.8 Å². The molecule has 1 N–H and O–H groups in total. The highest BCUT2D eigenvalue weighted by molar-refractivity contribution is 7.89. The van der Waals surface area contributed by atoms with Gasteiger partial charge in [0.1, 0.15) is 0 Å². The second kappa shape index (κ2) is 11.2. The molecular weight excluding hydrogens is 515 g/mol. The van der Waals surface area contributed by atoms with E-state index < -0.39 is 27.9 Å². The molecule has 0 saturated carbocycles. The number of hydrogen-bond acceptors (Lipinski definition) is 5. The topological polar surface area (TPSA) is 61.9 Å². The van der Waals surface area contributed by atoms with Crippen molar-refractivity contribution in [2.24, 2.45) is 5.92 Å². The summed E-state index contributed by atoms with van der Waals surface area (Å²) in [5.41, 5.74) is 1.67. The summed E-state index contributed by atoms with van der Waals surface area (Å²) in [5, 5.41) is 3.50. The van der Waals surface area contributed by atoms with E-state index in [0.29, 0.717) is 50.4 Å². The van der Waals surface area contributed by atoms with Gasteiger partial charge >= 0.3 is 6.18 Å². The highest BCUT2D eigenvalue weighted by atomic mass is 32.2. The number of piperazine rings is 1. The van der Waals surface area contributed by atoms with E-state index in [1.807, 2.05) is 37.3 Å². The van der Waals surface area contributed by atoms with Crippen LogP contribution in [0.5, 0.6) is 0 Å².